The first kappa shape index (κ1) is 14.5. The number of aliphatic carboxylic acids is 1. The summed E-state index contributed by atoms with van der Waals surface area (Å²) in [5.41, 5.74) is 0. The zero-order valence-electron chi connectivity index (χ0n) is 11.5. The third kappa shape index (κ3) is 4.30. The fourth-order valence-electron chi connectivity index (χ4n) is 2.80. The molecule has 0 aromatic carbocycles. The zero-order chi connectivity index (χ0) is 12.8. The van der Waals surface area contributed by atoms with Gasteiger partial charge in [0.1, 0.15) is 0 Å². The molecule has 1 atom stereocenters. The van der Waals surface area contributed by atoms with E-state index in [-0.39, 0.29) is 5.92 Å². The van der Waals surface area contributed by atoms with Crippen LogP contribution in [0.15, 0.2) is 0 Å². The van der Waals surface area contributed by atoms with Crippen molar-refractivity contribution in [2.24, 2.45) is 11.8 Å². The molecule has 1 saturated carbocycles. The first-order valence-electron chi connectivity index (χ1n) is 7.05. The molecule has 0 heterocycles. The third-order valence-corrected chi connectivity index (χ3v) is 4.31. The highest BCUT2D eigenvalue weighted by Gasteiger charge is 2.27. The lowest BCUT2D eigenvalue weighted by Crippen LogP contribution is -2.38. The van der Waals surface area contributed by atoms with Gasteiger partial charge >= 0.3 is 5.97 Å². The Balaban J connectivity index is 2.36. The van der Waals surface area contributed by atoms with E-state index < -0.39 is 5.97 Å². The molecule has 0 saturated heterocycles. The number of hydrogen-bond donors (Lipinski definition) is 1. The van der Waals surface area contributed by atoms with E-state index in [9.17, 15) is 4.79 Å². The second-order valence-electron chi connectivity index (χ2n) is 5.40. The molecule has 1 unspecified atom stereocenters. The minimum atomic E-state index is -0.599. The molecule has 3 nitrogen and oxygen atoms in total. The number of hydrogen-bond acceptors (Lipinski definition) is 2. The molecule has 1 N–H and O–H groups in total. The molecule has 1 fully saturated rings. The summed E-state index contributed by atoms with van der Waals surface area (Å²) in [5, 5.41) is 8.97. The van der Waals surface area contributed by atoms with Crippen LogP contribution >= 0.6 is 0 Å². The first-order chi connectivity index (χ1) is 8.08. The van der Waals surface area contributed by atoms with E-state index in [1.807, 2.05) is 0 Å². The standard InChI is InChI=1S/C14H27NO2/c1-4-11(3)15(5-2)10-12-6-8-13(9-7-12)14(16)17/h11-13H,4-10H2,1-3H3,(H,16,17). The lowest BCUT2D eigenvalue weighted by molar-refractivity contribution is -0.143. The van der Waals surface area contributed by atoms with Gasteiger partial charge in [0.05, 0.1) is 5.92 Å². The van der Waals surface area contributed by atoms with E-state index in [0.29, 0.717) is 12.0 Å². The van der Waals surface area contributed by atoms with Crippen molar-refractivity contribution in [3.8, 4) is 0 Å². The minimum absolute atomic E-state index is 0.0788. The first-order valence-corrected chi connectivity index (χ1v) is 7.05. The molecule has 17 heavy (non-hydrogen) atoms. The van der Waals surface area contributed by atoms with Crippen LogP contribution in [0.25, 0.3) is 0 Å². The quantitative estimate of drug-likeness (QED) is 0.777. The van der Waals surface area contributed by atoms with Crippen molar-refractivity contribution in [3.63, 3.8) is 0 Å². The molecule has 100 valence electrons. The van der Waals surface area contributed by atoms with Crippen LogP contribution in [0.4, 0.5) is 0 Å². The fraction of sp³-hybridized carbons (Fsp3) is 0.929. The minimum Gasteiger partial charge on any atom is -0.481 e. The Morgan fingerprint density at radius 3 is 2.29 bits per heavy atom. The van der Waals surface area contributed by atoms with Crippen molar-refractivity contribution in [1.29, 1.82) is 0 Å². The maximum atomic E-state index is 10.9. The highest BCUT2D eigenvalue weighted by molar-refractivity contribution is 5.69. The lowest BCUT2D eigenvalue weighted by Gasteiger charge is -2.34. The molecular formula is C14H27NO2. The predicted molar refractivity (Wildman–Crippen MR) is 70.1 cm³/mol. The maximum Gasteiger partial charge on any atom is 0.306 e. The SMILES string of the molecule is CCC(C)N(CC)CC1CCC(C(=O)O)CC1. The monoisotopic (exact) mass is 241 g/mol. The molecule has 0 aliphatic heterocycles. The molecular weight excluding hydrogens is 214 g/mol. The number of carbonyl (C=O) groups is 1. The van der Waals surface area contributed by atoms with Gasteiger partial charge in [0.15, 0.2) is 0 Å². The fourth-order valence-corrected chi connectivity index (χ4v) is 2.80. The molecule has 0 radical (unpaired) electrons. The second kappa shape index (κ2) is 7.00. The maximum absolute atomic E-state index is 10.9. The summed E-state index contributed by atoms with van der Waals surface area (Å²) in [6.07, 6.45) is 5.11. The van der Waals surface area contributed by atoms with E-state index in [2.05, 4.69) is 25.7 Å². The summed E-state index contributed by atoms with van der Waals surface area (Å²) in [4.78, 5) is 13.4. The molecule has 0 amide bonds. The molecule has 0 bridgehead atoms. The smallest absolute Gasteiger partial charge is 0.306 e. The summed E-state index contributed by atoms with van der Waals surface area (Å²) in [5.74, 6) is 0.0298. The van der Waals surface area contributed by atoms with Crippen molar-refractivity contribution < 1.29 is 9.90 Å². The Labute approximate surface area is 105 Å². The average Bonchev–Trinajstić information content (AvgIpc) is 2.35. The van der Waals surface area contributed by atoms with Crippen LogP contribution in [-0.2, 0) is 4.79 Å². The molecule has 1 aliphatic rings. The number of rotatable bonds is 6. The van der Waals surface area contributed by atoms with Crippen molar-refractivity contribution in [3.05, 3.63) is 0 Å². The van der Waals surface area contributed by atoms with Gasteiger partial charge in [-0.15, -0.1) is 0 Å². The lowest BCUT2D eigenvalue weighted by atomic mass is 9.81. The largest absolute Gasteiger partial charge is 0.481 e. The molecule has 0 spiro atoms. The molecule has 0 aromatic rings. The van der Waals surface area contributed by atoms with Gasteiger partial charge in [-0.3, -0.25) is 4.79 Å². The van der Waals surface area contributed by atoms with Gasteiger partial charge in [-0.05, 0) is 51.5 Å². The van der Waals surface area contributed by atoms with E-state index in [1.54, 1.807) is 0 Å². The van der Waals surface area contributed by atoms with E-state index >= 15 is 0 Å². The highest BCUT2D eigenvalue weighted by Crippen LogP contribution is 2.29. The Morgan fingerprint density at radius 1 is 1.29 bits per heavy atom. The number of carboxylic acids is 1. The number of nitrogens with zero attached hydrogens (tertiary/aromatic N) is 1. The summed E-state index contributed by atoms with van der Waals surface area (Å²) in [7, 11) is 0. The van der Waals surface area contributed by atoms with Crippen molar-refractivity contribution in [2.45, 2.75) is 58.9 Å². The van der Waals surface area contributed by atoms with Crippen molar-refractivity contribution in [1.82, 2.24) is 4.90 Å². The third-order valence-electron chi connectivity index (χ3n) is 4.31. The molecule has 1 aliphatic carbocycles. The summed E-state index contributed by atoms with van der Waals surface area (Å²) in [6.45, 7) is 8.99. The summed E-state index contributed by atoms with van der Waals surface area (Å²) < 4.78 is 0. The molecule has 0 aromatic heterocycles. The van der Waals surface area contributed by atoms with E-state index in [1.165, 1.54) is 6.42 Å². The van der Waals surface area contributed by atoms with Crippen LogP contribution in [0.2, 0.25) is 0 Å². The Bertz CT molecular complexity index is 234. The van der Waals surface area contributed by atoms with Crippen LogP contribution in [0.3, 0.4) is 0 Å². The number of carboxylic acid groups (broad SMARTS) is 1. The van der Waals surface area contributed by atoms with Crippen molar-refractivity contribution >= 4 is 5.97 Å². The van der Waals surface area contributed by atoms with Crippen molar-refractivity contribution in [2.75, 3.05) is 13.1 Å². The normalized spacial score (nSPS) is 27.1. The van der Waals surface area contributed by atoms with Gasteiger partial charge in [-0.25, -0.2) is 0 Å². The predicted octanol–water partition coefficient (Wildman–Crippen LogP) is 3.00. The Morgan fingerprint density at radius 2 is 1.88 bits per heavy atom. The second-order valence-corrected chi connectivity index (χ2v) is 5.40. The van der Waals surface area contributed by atoms with Gasteiger partial charge in [0, 0.05) is 12.6 Å². The van der Waals surface area contributed by atoms with Gasteiger partial charge < -0.3 is 10.0 Å². The van der Waals surface area contributed by atoms with Gasteiger partial charge in [-0.2, -0.15) is 0 Å². The molecule has 1 rings (SSSR count). The van der Waals surface area contributed by atoms with Crippen LogP contribution in [0.1, 0.15) is 52.9 Å². The Kier molecular flexibility index (Phi) is 5.96. The van der Waals surface area contributed by atoms with Crippen LogP contribution in [-0.4, -0.2) is 35.1 Å². The van der Waals surface area contributed by atoms with Gasteiger partial charge in [-0.1, -0.05) is 13.8 Å². The molecule has 3 heteroatoms. The average molecular weight is 241 g/mol. The summed E-state index contributed by atoms with van der Waals surface area (Å²) >= 11 is 0. The Hall–Kier alpha value is -0.570. The van der Waals surface area contributed by atoms with Gasteiger partial charge in [0.25, 0.3) is 0 Å². The highest BCUT2D eigenvalue weighted by atomic mass is 16.4. The van der Waals surface area contributed by atoms with E-state index in [0.717, 1.165) is 38.8 Å². The summed E-state index contributed by atoms with van der Waals surface area (Å²) in [6, 6.07) is 0.650. The van der Waals surface area contributed by atoms with Crippen LogP contribution < -0.4 is 0 Å². The topological polar surface area (TPSA) is 40.5 Å². The van der Waals surface area contributed by atoms with E-state index in [4.69, 9.17) is 5.11 Å². The van der Waals surface area contributed by atoms with Crippen LogP contribution in [0.5, 0.6) is 0 Å². The van der Waals surface area contributed by atoms with Crippen LogP contribution in [0, 0.1) is 11.8 Å². The van der Waals surface area contributed by atoms with Gasteiger partial charge in [0.2, 0.25) is 0 Å². The zero-order valence-corrected chi connectivity index (χ0v) is 11.5.